The maximum Gasteiger partial charge on any atom is 0.290 e. The summed E-state index contributed by atoms with van der Waals surface area (Å²) < 4.78 is 0. The molecule has 0 aliphatic carbocycles. The van der Waals surface area contributed by atoms with Gasteiger partial charge in [-0.2, -0.15) is 0 Å². The first kappa shape index (κ1) is 19.9. The van der Waals surface area contributed by atoms with Crippen LogP contribution in [-0.4, -0.2) is 26.8 Å². The minimum Gasteiger partial charge on any atom is -0.508 e. The first-order valence-corrected chi connectivity index (χ1v) is 10.5. The van der Waals surface area contributed by atoms with Gasteiger partial charge in [0, 0.05) is 11.3 Å². The number of aliphatic hydroxyl groups is 1. The number of ketones is 1. The molecule has 2 N–H and O–H groups in total. The lowest BCUT2D eigenvalue weighted by Gasteiger charge is -2.26. The molecule has 30 heavy (non-hydrogen) atoms. The van der Waals surface area contributed by atoms with Crippen LogP contribution < -0.4 is 0 Å². The largest absolute Gasteiger partial charge is 0.508 e. The smallest absolute Gasteiger partial charge is 0.290 e. The van der Waals surface area contributed by atoms with Crippen molar-refractivity contribution in [3.8, 4) is 5.75 Å². The van der Waals surface area contributed by atoms with Crippen molar-refractivity contribution in [1.82, 2.24) is 4.90 Å². The lowest BCUT2D eigenvalue weighted by Crippen LogP contribution is -2.30. The van der Waals surface area contributed by atoms with E-state index >= 15 is 0 Å². The number of nitrogens with zero attached hydrogens (tertiary/aromatic N) is 1. The van der Waals surface area contributed by atoms with E-state index in [4.69, 9.17) is 0 Å². The maximum atomic E-state index is 13.1. The Balaban J connectivity index is 1.65. The topological polar surface area (TPSA) is 77.8 Å². The van der Waals surface area contributed by atoms with Crippen molar-refractivity contribution >= 4 is 23.0 Å². The van der Waals surface area contributed by atoms with Crippen molar-refractivity contribution in [2.75, 3.05) is 0 Å². The number of aryl methyl sites for hydroxylation is 1. The Labute approximate surface area is 178 Å². The van der Waals surface area contributed by atoms with E-state index in [0.717, 1.165) is 10.4 Å². The Morgan fingerprint density at radius 2 is 1.70 bits per heavy atom. The highest BCUT2D eigenvalue weighted by atomic mass is 32.1. The lowest BCUT2D eigenvalue weighted by atomic mass is 9.93. The second kappa shape index (κ2) is 8.55. The molecule has 0 radical (unpaired) electrons. The monoisotopic (exact) mass is 419 g/mol. The van der Waals surface area contributed by atoms with Crippen molar-refractivity contribution in [2.24, 2.45) is 0 Å². The Kier molecular flexibility index (Phi) is 5.68. The molecule has 2 heterocycles. The van der Waals surface area contributed by atoms with Gasteiger partial charge in [0.05, 0.1) is 18.2 Å². The number of carbonyl (C=O) groups excluding carboxylic acids is 2. The number of hydrogen-bond acceptors (Lipinski definition) is 5. The zero-order valence-corrected chi connectivity index (χ0v) is 17.0. The maximum absolute atomic E-state index is 13.1. The van der Waals surface area contributed by atoms with Gasteiger partial charge in [0.25, 0.3) is 5.91 Å². The van der Waals surface area contributed by atoms with Crippen LogP contribution >= 0.6 is 11.3 Å². The lowest BCUT2D eigenvalue weighted by molar-refractivity contribution is -0.130. The number of amides is 1. The third-order valence-electron chi connectivity index (χ3n) is 5.20. The van der Waals surface area contributed by atoms with E-state index in [2.05, 4.69) is 0 Å². The number of carbonyl (C=O) groups is 2. The molecule has 5 nitrogen and oxygen atoms in total. The molecular weight excluding hydrogens is 398 g/mol. The standard InChI is InChI=1S/C24H21NO4S/c26-18-11-9-17(10-12-18)22-21(20(27)13-8-16-5-2-1-3-6-16)23(28)24(29)25(22)15-19-7-4-14-30-19/h1-7,9-12,14,22,26,28H,8,13,15H2. The van der Waals surface area contributed by atoms with E-state index < -0.39 is 17.7 Å². The first-order chi connectivity index (χ1) is 14.5. The normalized spacial score (nSPS) is 16.3. The van der Waals surface area contributed by atoms with E-state index in [9.17, 15) is 19.8 Å². The van der Waals surface area contributed by atoms with Crippen LogP contribution in [0.5, 0.6) is 5.75 Å². The number of rotatable bonds is 7. The van der Waals surface area contributed by atoms with Crippen molar-refractivity contribution in [3.63, 3.8) is 0 Å². The Morgan fingerprint density at radius 3 is 2.37 bits per heavy atom. The predicted molar refractivity (Wildman–Crippen MR) is 115 cm³/mol. The average molecular weight is 420 g/mol. The van der Waals surface area contributed by atoms with Crippen LogP contribution in [0, 0.1) is 0 Å². The molecule has 1 atom stereocenters. The van der Waals surface area contributed by atoms with Crippen molar-refractivity contribution < 1.29 is 19.8 Å². The number of Topliss-reactive ketones (excluding diaryl/α,β-unsaturated/α-hetero) is 1. The van der Waals surface area contributed by atoms with E-state index in [1.165, 1.54) is 28.4 Å². The summed E-state index contributed by atoms with van der Waals surface area (Å²) in [7, 11) is 0. The van der Waals surface area contributed by atoms with Crippen molar-refractivity contribution in [1.29, 1.82) is 0 Å². The quantitative estimate of drug-likeness (QED) is 0.589. The summed E-state index contributed by atoms with van der Waals surface area (Å²) in [6.07, 6.45) is 0.718. The van der Waals surface area contributed by atoms with Gasteiger partial charge in [-0.25, -0.2) is 0 Å². The second-order valence-electron chi connectivity index (χ2n) is 7.18. The summed E-state index contributed by atoms with van der Waals surface area (Å²) in [4.78, 5) is 28.5. The van der Waals surface area contributed by atoms with Gasteiger partial charge in [-0.1, -0.05) is 48.5 Å². The molecule has 1 amide bonds. The Hall–Kier alpha value is -3.38. The summed E-state index contributed by atoms with van der Waals surface area (Å²) >= 11 is 1.51. The minimum atomic E-state index is -0.691. The zero-order valence-electron chi connectivity index (χ0n) is 16.2. The SMILES string of the molecule is O=C(CCc1ccccc1)C1=C(O)C(=O)N(Cc2cccs2)C1c1ccc(O)cc1. The molecule has 2 aromatic carbocycles. The van der Waals surface area contributed by atoms with E-state index in [0.29, 0.717) is 18.5 Å². The van der Waals surface area contributed by atoms with Gasteiger partial charge in [0.1, 0.15) is 5.75 Å². The molecule has 4 rings (SSSR count). The van der Waals surface area contributed by atoms with Crippen LogP contribution in [0.3, 0.4) is 0 Å². The third-order valence-corrected chi connectivity index (χ3v) is 6.06. The van der Waals surface area contributed by atoms with Gasteiger partial charge < -0.3 is 15.1 Å². The highest BCUT2D eigenvalue weighted by molar-refractivity contribution is 7.09. The average Bonchev–Trinajstić information content (AvgIpc) is 3.36. The molecule has 1 unspecified atom stereocenters. The highest BCUT2D eigenvalue weighted by Crippen LogP contribution is 2.40. The molecule has 1 aromatic heterocycles. The summed E-state index contributed by atoms with van der Waals surface area (Å²) in [5.74, 6) is -1.19. The molecule has 0 saturated carbocycles. The number of aliphatic hydroxyl groups excluding tert-OH is 1. The summed E-state index contributed by atoms with van der Waals surface area (Å²) in [6.45, 7) is 0.293. The van der Waals surface area contributed by atoms with Gasteiger partial charge in [-0.05, 0) is 41.1 Å². The summed E-state index contributed by atoms with van der Waals surface area (Å²) in [5, 5.41) is 22.2. The molecule has 152 valence electrons. The minimum absolute atomic E-state index is 0.0954. The van der Waals surface area contributed by atoms with Crippen LogP contribution in [0.15, 0.2) is 83.4 Å². The molecule has 0 fully saturated rings. The molecular formula is C24H21NO4S. The summed E-state index contributed by atoms with van der Waals surface area (Å²) in [6, 6.07) is 19.2. The summed E-state index contributed by atoms with van der Waals surface area (Å²) in [5.41, 5.74) is 1.81. The van der Waals surface area contributed by atoms with E-state index in [1.54, 1.807) is 12.1 Å². The van der Waals surface area contributed by atoms with Gasteiger partial charge in [-0.15, -0.1) is 11.3 Å². The van der Waals surface area contributed by atoms with Crippen LogP contribution in [0.4, 0.5) is 0 Å². The number of aromatic hydroxyl groups is 1. The Morgan fingerprint density at radius 1 is 0.967 bits per heavy atom. The van der Waals surface area contributed by atoms with Gasteiger partial charge in [0.2, 0.25) is 0 Å². The fraction of sp³-hybridized carbons (Fsp3) is 0.167. The first-order valence-electron chi connectivity index (χ1n) is 9.67. The highest BCUT2D eigenvalue weighted by Gasteiger charge is 2.43. The predicted octanol–water partition coefficient (Wildman–Crippen LogP) is 4.55. The van der Waals surface area contributed by atoms with E-state index in [-0.39, 0.29) is 23.5 Å². The third kappa shape index (κ3) is 4.00. The van der Waals surface area contributed by atoms with Crippen molar-refractivity contribution in [3.05, 3.63) is 99.4 Å². The number of benzene rings is 2. The molecule has 6 heteroatoms. The van der Waals surface area contributed by atoms with Gasteiger partial charge >= 0.3 is 0 Å². The molecule has 0 bridgehead atoms. The fourth-order valence-corrected chi connectivity index (χ4v) is 4.42. The molecule has 0 spiro atoms. The Bertz CT molecular complexity index is 1070. The van der Waals surface area contributed by atoms with Crippen LogP contribution in [-0.2, 0) is 22.6 Å². The van der Waals surface area contributed by atoms with E-state index in [1.807, 2.05) is 47.8 Å². The molecule has 3 aromatic rings. The van der Waals surface area contributed by atoms with Gasteiger partial charge in [0.15, 0.2) is 11.5 Å². The number of thiophene rings is 1. The number of hydrogen-bond donors (Lipinski definition) is 2. The molecule has 1 aliphatic heterocycles. The molecule has 0 saturated heterocycles. The number of phenols is 1. The second-order valence-corrected chi connectivity index (χ2v) is 8.21. The zero-order chi connectivity index (χ0) is 21.1. The van der Waals surface area contributed by atoms with Crippen LogP contribution in [0.25, 0.3) is 0 Å². The van der Waals surface area contributed by atoms with Crippen LogP contribution in [0.1, 0.15) is 28.5 Å². The van der Waals surface area contributed by atoms with Crippen molar-refractivity contribution in [2.45, 2.75) is 25.4 Å². The molecule has 1 aliphatic rings. The van der Waals surface area contributed by atoms with Gasteiger partial charge in [-0.3, -0.25) is 9.59 Å². The fourth-order valence-electron chi connectivity index (χ4n) is 3.71. The van der Waals surface area contributed by atoms with Crippen LogP contribution in [0.2, 0.25) is 0 Å². The number of phenolic OH excluding ortho intramolecular Hbond substituents is 1.